The number of benzene rings is 4. The fourth-order valence-electron chi connectivity index (χ4n) is 5.24. The fourth-order valence-corrected chi connectivity index (χ4v) is 5.24. The van der Waals surface area contributed by atoms with Gasteiger partial charge in [-0.1, -0.05) is 121 Å². The molecule has 4 aromatic carbocycles. The Hall–Kier alpha value is -8.16. The minimum Gasteiger partial charge on any atom is -0.300 e. The summed E-state index contributed by atoms with van der Waals surface area (Å²) in [5, 5.41) is 0. The van der Waals surface area contributed by atoms with Crippen molar-refractivity contribution >= 4 is 81.0 Å². The third-order valence-electron chi connectivity index (χ3n) is 9.13. The molecule has 0 aromatic heterocycles. The zero-order valence-electron chi connectivity index (χ0n) is 44.2. The molecule has 4 rings (SSSR count). The number of hydrogen-bond donors (Lipinski definition) is 0. The van der Waals surface area contributed by atoms with Gasteiger partial charge in [-0.2, -0.15) is 26.3 Å². The van der Waals surface area contributed by atoms with E-state index >= 15 is 0 Å². The Bertz CT molecular complexity index is 2500. The molecule has 0 unspecified atom stereocenters. The third kappa shape index (κ3) is 38.1. The van der Waals surface area contributed by atoms with Crippen LogP contribution in [0, 0.1) is 5.92 Å². The van der Waals surface area contributed by atoms with Crippen LogP contribution in [0.25, 0.3) is 0 Å². The van der Waals surface area contributed by atoms with Gasteiger partial charge in [-0.25, -0.2) is 0 Å². The normalized spacial score (nSPS) is 10.0. The molecule has 4 aromatic rings. The summed E-state index contributed by atoms with van der Waals surface area (Å²) in [6.45, 7) is 13.4. The molecule has 0 N–H and O–H groups in total. The van der Waals surface area contributed by atoms with Gasteiger partial charge >= 0.3 is 12.4 Å². The Kier molecular flexibility index (Phi) is 36.4. The van der Waals surface area contributed by atoms with Gasteiger partial charge in [0.05, 0.1) is 38.0 Å². The SMILES string of the molecule is CC(=O)C(C(C)=O)c1ccccc1.CC(=O)C(C)C(C)=O.CC(=O)CC(=O)C(F)(F)F.CC(=O)CC(=O)C(F)(F)F.CC(=O)CC(=O)c1ccccc1.CC(=O)CC(C)=O.O=C(CC(=O)c1ccccc1)c1ccccc1. The number of carbonyl (C=O) groups is 14. The van der Waals surface area contributed by atoms with Crippen molar-refractivity contribution in [2.45, 2.75) is 120 Å². The van der Waals surface area contributed by atoms with Crippen LogP contribution in [0.3, 0.4) is 0 Å². The van der Waals surface area contributed by atoms with Gasteiger partial charge in [0.15, 0.2) is 17.3 Å². The second-order valence-corrected chi connectivity index (χ2v) is 16.6. The fraction of sp³-hybridized carbons (Fsp3) is 0.333. The summed E-state index contributed by atoms with van der Waals surface area (Å²) in [7, 11) is 0. The van der Waals surface area contributed by atoms with Crippen molar-refractivity contribution in [2.75, 3.05) is 0 Å². The largest absolute Gasteiger partial charge is 0.450 e. The number of Topliss-reactive ketones (excluding diaryl/α,β-unsaturated/α-hetero) is 14. The average Bonchev–Trinajstić information content (AvgIpc) is 3.32. The van der Waals surface area contributed by atoms with Crippen molar-refractivity contribution in [3.63, 3.8) is 0 Å². The first kappa shape index (κ1) is 73.1. The van der Waals surface area contributed by atoms with E-state index in [2.05, 4.69) is 0 Å². The zero-order valence-corrected chi connectivity index (χ0v) is 44.2. The van der Waals surface area contributed by atoms with Gasteiger partial charge < -0.3 is 0 Å². The van der Waals surface area contributed by atoms with E-state index in [9.17, 15) is 93.5 Å². The number of rotatable bonds is 18. The molecule has 0 aliphatic heterocycles. The van der Waals surface area contributed by atoms with Crippen LogP contribution in [-0.2, 0) is 52.7 Å². The summed E-state index contributed by atoms with van der Waals surface area (Å²) in [6.07, 6.45) is -11.8. The molecular formula is C57H62F6O14. The number of halogens is 6. The van der Waals surface area contributed by atoms with Crippen molar-refractivity contribution in [1.29, 1.82) is 0 Å². The molecule has 14 nitrogen and oxygen atoms in total. The van der Waals surface area contributed by atoms with E-state index in [1.807, 2.05) is 36.4 Å². The Morgan fingerprint density at radius 1 is 0.325 bits per heavy atom. The van der Waals surface area contributed by atoms with Gasteiger partial charge in [-0.15, -0.1) is 0 Å². The predicted octanol–water partition coefficient (Wildman–Crippen LogP) is 10.5. The molecule has 0 atom stereocenters. The first-order valence-electron chi connectivity index (χ1n) is 22.9. The smallest absolute Gasteiger partial charge is 0.300 e. The first-order valence-corrected chi connectivity index (χ1v) is 22.9. The molecule has 0 fully saturated rings. The van der Waals surface area contributed by atoms with Crippen LogP contribution < -0.4 is 0 Å². The van der Waals surface area contributed by atoms with Crippen molar-refractivity contribution in [3.8, 4) is 0 Å². The number of ketones is 14. The molecule has 0 radical (unpaired) electrons. The van der Waals surface area contributed by atoms with E-state index in [4.69, 9.17) is 0 Å². The van der Waals surface area contributed by atoms with E-state index < -0.39 is 60.2 Å². The Balaban J connectivity index is -0.000000846. The van der Waals surface area contributed by atoms with Gasteiger partial charge in [0.25, 0.3) is 0 Å². The van der Waals surface area contributed by atoms with Gasteiger partial charge in [-0.05, 0) is 74.8 Å². The van der Waals surface area contributed by atoms with Crippen LogP contribution in [0.15, 0.2) is 121 Å². The maximum absolute atomic E-state index is 11.8. The van der Waals surface area contributed by atoms with Gasteiger partial charge in [0.1, 0.15) is 58.0 Å². The monoisotopic (exact) mass is 1080 g/mol. The quantitative estimate of drug-likeness (QED) is 0.0512. The van der Waals surface area contributed by atoms with Crippen LogP contribution in [0.2, 0.25) is 0 Å². The number of hydrogen-bond acceptors (Lipinski definition) is 14. The highest BCUT2D eigenvalue weighted by Crippen LogP contribution is 2.19. The second kappa shape index (κ2) is 38.4. The average molecular weight is 1090 g/mol. The second-order valence-electron chi connectivity index (χ2n) is 16.6. The van der Waals surface area contributed by atoms with Crippen LogP contribution in [0.4, 0.5) is 26.3 Å². The lowest BCUT2D eigenvalue weighted by molar-refractivity contribution is -0.171. The third-order valence-corrected chi connectivity index (χ3v) is 9.13. The molecule has 0 aliphatic rings. The maximum atomic E-state index is 11.8. The minimum absolute atomic E-state index is 0.00398. The van der Waals surface area contributed by atoms with Gasteiger partial charge in [0, 0.05) is 16.7 Å². The van der Waals surface area contributed by atoms with Gasteiger partial charge in [-0.3, -0.25) is 67.1 Å². The molecule has 0 saturated carbocycles. The van der Waals surface area contributed by atoms with Gasteiger partial charge in [0.2, 0.25) is 11.6 Å². The highest BCUT2D eigenvalue weighted by Gasteiger charge is 2.39. The van der Waals surface area contributed by atoms with E-state index in [1.165, 1.54) is 48.5 Å². The molecule has 0 spiro atoms. The lowest BCUT2D eigenvalue weighted by atomic mass is 9.92. The molecule has 0 heterocycles. The molecule has 0 aliphatic carbocycles. The lowest BCUT2D eigenvalue weighted by Gasteiger charge is -2.09. The molecule has 0 saturated heterocycles. The minimum atomic E-state index is -4.87. The summed E-state index contributed by atoms with van der Waals surface area (Å²) in [5.74, 6) is -7.43. The first-order chi connectivity index (χ1) is 35.4. The molecule has 0 bridgehead atoms. The van der Waals surface area contributed by atoms with Crippen molar-refractivity contribution < 1.29 is 93.5 Å². The van der Waals surface area contributed by atoms with Crippen LogP contribution >= 0.6 is 0 Å². The predicted molar refractivity (Wildman–Crippen MR) is 272 cm³/mol. The Labute approximate surface area is 442 Å². The van der Waals surface area contributed by atoms with E-state index in [-0.39, 0.29) is 77.1 Å². The van der Waals surface area contributed by atoms with Crippen molar-refractivity contribution in [3.05, 3.63) is 144 Å². The summed E-state index contributed by atoms with van der Waals surface area (Å²) in [6, 6.07) is 35.7. The Morgan fingerprint density at radius 3 is 0.727 bits per heavy atom. The summed E-state index contributed by atoms with van der Waals surface area (Å²) < 4.78 is 67.8. The number of carbonyl (C=O) groups excluding carboxylic acids is 14. The van der Waals surface area contributed by atoms with E-state index in [0.717, 1.165) is 19.4 Å². The molecule has 0 amide bonds. The molecule has 416 valence electrons. The molecular weight excluding hydrogens is 1020 g/mol. The van der Waals surface area contributed by atoms with Crippen molar-refractivity contribution in [2.24, 2.45) is 5.92 Å². The summed E-state index contributed by atoms with van der Waals surface area (Å²) in [4.78, 5) is 148. The van der Waals surface area contributed by atoms with Crippen molar-refractivity contribution in [1.82, 2.24) is 0 Å². The van der Waals surface area contributed by atoms with E-state index in [0.29, 0.717) is 16.7 Å². The van der Waals surface area contributed by atoms with E-state index in [1.54, 1.807) is 91.9 Å². The summed E-state index contributed by atoms with van der Waals surface area (Å²) in [5.41, 5.74) is 2.55. The van der Waals surface area contributed by atoms with Crippen LogP contribution in [-0.4, -0.2) is 93.3 Å². The standard InChI is InChI=1S/C15H12O2.C11H12O2.C10H10O2.C6H10O2.2C5H5F3O2.C5H8O2/c16-14(12-7-3-1-4-8-12)11-15(17)13-9-5-2-6-10-13;1-8(12)11(9(2)13)10-6-4-3-5-7-10;1-8(11)7-10(12)9-5-3-2-4-6-9;1-4(5(2)7)6(3)8;2*1-3(9)2-4(10)5(6,7)8;1-4(6)3-5(2)7/h1-10H,11H2;3-7,11H,1-2H3;2-6H,7H2,1H3;4H,1-3H3;2*2H2,1H3;3H2,1-2H3. The molecule has 20 heteroatoms. The highest BCUT2D eigenvalue weighted by molar-refractivity contribution is 6.13. The summed E-state index contributed by atoms with van der Waals surface area (Å²) >= 11 is 0. The maximum Gasteiger partial charge on any atom is 0.450 e. The van der Waals surface area contributed by atoms with Crippen LogP contribution in [0.5, 0.6) is 0 Å². The van der Waals surface area contributed by atoms with Crippen LogP contribution in [0.1, 0.15) is 144 Å². The topological polar surface area (TPSA) is 239 Å². The number of alkyl halides is 6. The lowest BCUT2D eigenvalue weighted by Crippen LogP contribution is -2.24. The molecule has 77 heavy (non-hydrogen) atoms. The zero-order chi connectivity index (χ0) is 60.2. The highest BCUT2D eigenvalue weighted by atomic mass is 19.4. The Morgan fingerprint density at radius 2 is 0.558 bits per heavy atom.